The summed E-state index contributed by atoms with van der Waals surface area (Å²) in [5, 5.41) is 11.5. The summed E-state index contributed by atoms with van der Waals surface area (Å²) in [6.07, 6.45) is 4.21. The predicted molar refractivity (Wildman–Crippen MR) is 107 cm³/mol. The summed E-state index contributed by atoms with van der Waals surface area (Å²) in [4.78, 5) is 9.35. The van der Waals surface area contributed by atoms with Gasteiger partial charge in [-0.3, -0.25) is 4.90 Å². The predicted octanol–water partition coefficient (Wildman–Crippen LogP) is 1.51. The maximum Gasteiger partial charge on any atom is 0.244 e. The van der Waals surface area contributed by atoms with E-state index < -0.39 is 0 Å². The van der Waals surface area contributed by atoms with Gasteiger partial charge in [-0.2, -0.15) is 10.1 Å². The molecule has 0 saturated carbocycles. The minimum Gasteiger partial charge on any atom is -0.454 e. The minimum atomic E-state index is 0.252. The van der Waals surface area contributed by atoms with Crippen molar-refractivity contribution in [2.45, 2.75) is 25.5 Å². The van der Waals surface area contributed by atoms with Crippen LogP contribution in [0.2, 0.25) is 0 Å². The molecular formula is C20H26N6O3. The molecule has 2 aromatic rings. The summed E-state index contributed by atoms with van der Waals surface area (Å²) in [5.41, 5.74) is 1.24. The minimum absolute atomic E-state index is 0.252. The third-order valence-electron chi connectivity index (χ3n) is 5.60. The van der Waals surface area contributed by atoms with Gasteiger partial charge >= 0.3 is 0 Å². The van der Waals surface area contributed by atoms with Gasteiger partial charge in [0.25, 0.3) is 0 Å². The second kappa shape index (κ2) is 8.38. The Morgan fingerprint density at radius 3 is 2.86 bits per heavy atom. The van der Waals surface area contributed by atoms with Crippen molar-refractivity contribution in [3.63, 3.8) is 0 Å². The second-order valence-corrected chi connectivity index (χ2v) is 7.60. The van der Waals surface area contributed by atoms with Crippen molar-refractivity contribution in [2.24, 2.45) is 0 Å². The Morgan fingerprint density at radius 2 is 2.00 bits per heavy atom. The van der Waals surface area contributed by atoms with Crippen molar-refractivity contribution < 1.29 is 14.2 Å². The van der Waals surface area contributed by atoms with Crippen molar-refractivity contribution in [3.05, 3.63) is 30.0 Å². The Bertz CT molecular complexity index is 837. The van der Waals surface area contributed by atoms with Gasteiger partial charge in [-0.25, -0.2) is 0 Å². The zero-order valence-electron chi connectivity index (χ0n) is 16.4. The average Bonchev–Trinajstić information content (AvgIpc) is 3.45. The number of aromatic nitrogens is 3. The highest BCUT2D eigenvalue weighted by Crippen LogP contribution is 2.32. The lowest BCUT2D eigenvalue weighted by atomic mass is 10.1. The Labute approximate surface area is 170 Å². The lowest BCUT2D eigenvalue weighted by molar-refractivity contribution is 0.120. The summed E-state index contributed by atoms with van der Waals surface area (Å²) in [6.45, 7) is 6.56. The van der Waals surface area contributed by atoms with E-state index in [0.717, 1.165) is 76.0 Å². The van der Waals surface area contributed by atoms with Gasteiger partial charge < -0.3 is 24.4 Å². The van der Waals surface area contributed by atoms with Crippen LogP contribution in [0.1, 0.15) is 18.4 Å². The van der Waals surface area contributed by atoms with Crippen molar-refractivity contribution in [2.75, 3.05) is 56.3 Å². The normalized spacial score (nSPS) is 21.5. The first kappa shape index (κ1) is 18.4. The molecule has 3 aliphatic rings. The third-order valence-corrected chi connectivity index (χ3v) is 5.60. The molecule has 1 N–H and O–H groups in total. The summed E-state index contributed by atoms with van der Waals surface area (Å²) < 4.78 is 16.5. The van der Waals surface area contributed by atoms with E-state index in [-0.39, 0.29) is 6.10 Å². The highest BCUT2D eigenvalue weighted by atomic mass is 16.7. The Morgan fingerprint density at radius 1 is 1.10 bits per heavy atom. The van der Waals surface area contributed by atoms with Crippen LogP contribution in [0.3, 0.4) is 0 Å². The Hall–Kier alpha value is -2.65. The summed E-state index contributed by atoms with van der Waals surface area (Å²) in [6, 6.07) is 6.18. The monoisotopic (exact) mass is 398 g/mol. The van der Waals surface area contributed by atoms with E-state index >= 15 is 0 Å². The van der Waals surface area contributed by atoms with Crippen LogP contribution in [0.25, 0.3) is 0 Å². The molecule has 1 unspecified atom stereocenters. The van der Waals surface area contributed by atoms with E-state index in [1.165, 1.54) is 5.56 Å². The summed E-state index contributed by atoms with van der Waals surface area (Å²) in [7, 11) is 0. The third kappa shape index (κ3) is 4.35. The SMILES string of the molecule is c1cc2c(cc1CN1CCN(c3cnnc(NCC4CCCO4)n3)CC1)OCO2. The zero-order chi connectivity index (χ0) is 19.5. The van der Waals surface area contributed by atoms with Gasteiger partial charge in [0.2, 0.25) is 12.7 Å². The number of hydrogen-bond acceptors (Lipinski definition) is 9. The standard InChI is InChI=1S/C20H26N6O3/c1-2-16(27-9-1)11-21-20-23-19(12-22-24-20)26-7-5-25(6-8-26)13-15-3-4-17-18(10-15)29-14-28-17/h3-4,10,12,16H,1-2,5-9,11,13-14H2,(H,21,23,24). The summed E-state index contributed by atoms with van der Waals surface area (Å²) >= 11 is 0. The van der Waals surface area contributed by atoms with E-state index in [4.69, 9.17) is 14.2 Å². The van der Waals surface area contributed by atoms with Crippen LogP contribution >= 0.6 is 0 Å². The van der Waals surface area contributed by atoms with E-state index in [0.29, 0.717) is 12.7 Å². The van der Waals surface area contributed by atoms with Crippen LogP contribution in [0.4, 0.5) is 11.8 Å². The van der Waals surface area contributed by atoms with Crippen LogP contribution in [0, 0.1) is 0 Å². The van der Waals surface area contributed by atoms with Crippen LogP contribution < -0.4 is 19.7 Å². The summed E-state index contributed by atoms with van der Waals surface area (Å²) in [5.74, 6) is 3.12. The lowest BCUT2D eigenvalue weighted by Crippen LogP contribution is -2.46. The van der Waals surface area contributed by atoms with Crippen LogP contribution in [0.15, 0.2) is 24.4 Å². The van der Waals surface area contributed by atoms with Gasteiger partial charge in [-0.15, -0.1) is 5.10 Å². The quantitative estimate of drug-likeness (QED) is 0.778. The molecule has 9 nitrogen and oxygen atoms in total. The second-order valence-electron chi connectivity index (χ2n) is 7.60. The molecular weight excluding hydrogens is 372 g/mol. The maximum atomic E-state index is 5.64. The van der Waals surface area contributed by atoms with Crippen molar-refractivity contribution in [3.8, 4) is 11.5 Å². The van der Waals surface area contributed by atoms with E-state index in [1.54, 1.807) is 6.20 Å². The molecule has 2 fully saturated rings. The Balaban J connectivity index is 1.14. The first-order chi connectivity index (χ1) is 14.3. The van der Waals surface area contributed by atoms with Crippen LogP contribution in [-0.4, -0.2) is 72.3 Å². The topological polar surface area (TPSA) is 84.9 Å². The highest BCUT2D eigenvalue weighted by Gasteiger charge is 2.21. The molecule has 0 radical (unpaired) electrons. The molecule has 0 aliphatic carbocycles. The fraction of sp³-hybridized carbons (Fsp3) is 0.550. The maximum absolute atomic E-state index is 5.64. The number of piperazine rings is 1. The molecule has 0 bridgehead atoms. The van der Waals surface area contributed by atoms with Gasteiger partial charge in [-0.05, 0) is 30.5 Å². The molecule has 1 aromatic carbocycles. The number of rotatable bonds is 6. The molecule has 4 heterocycles. The molecule has 154 valence electrons. The van der Waals surface area contributed by atoms with Crippen LogP contribution in [0.5, 0.6) is 11.5 Å². The largest absolute Gasteiger partial charge is 0.454 e. The van der Waals surface area contributed by atoms with Crippen LogP contribution in [-0.2, 0) is 11.3 Å². The van der Waals surface area contributed by atoms with E-state index in [1.807, 2.05) is 6.07 Å². The number of anilines is 2. The number of ether oxygens (including phenoxy) is 3. The molecule has 3 aliphatic heterocycles. The van der Waals surface area contributed by atoms with Gasteiger partial charge in [0, 0.05) is 45.9 Å². The fourth-order valence-electron chi connectivity index (χ4n) is 3.97. The van der Waals surface area contributed by atoms with Crippen molar-refractivity contribution >= 4 is 11.8 Å². The first-order valence-corrected chi connectivity index (χ1v) is 10.2. The van der Waals surface area contributed by atoms with Gasteiger partial charge in [-0.1, -0.05) is 6.07 Å². The van der Waals surface area contributed by atoms with Gasteiger partial charge in [0.1, 0.15) is 0 Å². The molecule has 29 heavy (non-hydrogen) atoms. The fourth-order valence-corrected chi connectivity index (χ4v) is 3.97. The molecule has 0 spiro atoms. The average molecular weight is 398 g/mol. The Kier molecular flexibility index (Phi) is 5.31. The molecule has 1 aromatic heterocycles. The van der Waals surface area contributed by atoms with E-state index in [9.17, 15) is 0 Å². The lowest BCUT2D eigenvalue weighted by Gasteiger charge is -2.35. The number of fused-ring (bicyclic) bond motifs is 1. The molecule has 0 amide bonds. The first-order valence-electron chi connectivity index (χ1n) is 10.2. The highest BCUT2D eigenvalue weighted by molar-refractivity contribution is 5.44. The molecule has 1 atom stereocenters. The molecule has 5 rings (SSSR count). The van der Waals surface area contributed by atoms with E-state index in [2.05, 4.69) is 42.4 Å². The van der Waals surface area contributed by atoms with Gasteiger partial charge in [0.15, 0.2) is 17.3 Å². The van der Waals surface area contributed by atoms with Crippen molar-refractivity contribution in [1.29, 1.82) is 0 Å². The number of nitrogens with zero attached hydrogens (tertiary/aromatic N) is 5. The van der Waals surface area contributed by atoms with Crippen molar-refractivity contribution in [1.82, 2.24) is 20.1 Å². The zero-order valence-corrected chi connectivity index (χ0v) is 16.4. The van der Waals surface area contributed by atoms with Gasteiger partial charge in [0.05, 0.1) is 12.3 Å². The molecule has 9 heteroatoms. The number of benzene rings is 1. The molecule has 2 saturated heterocycles. The number of nitrogens with one attached hydrogen (secondary N) is 1. The number of hydrogen-bond donors (Lipinski definition) is 1. The smallest absolute Gasteiger partial charge is 0.244 e.